The van der Waals surface area contributed by atoms with Gasteiger partial charge in [-0.05, 0) is 24.7 Å². The van der Waals surface area contributed by atoms with Crippen LogP contribution in [0.5, 0.6) is 0 Å². The van der Waals surface area contributed by atoms with Crippen LogP contribution in [0.1, 0.15) is 11.3 Å². The highest BCUT2D eigenvalue weighted by molar-refractivity contribution is 9.10. The maximum absolute atomic E-state index is 6.19. The molecule has 0 radical (unpaired) electrons. The Balaban J connectivity index is 2.00. The van der Waals surface area contributed by atoms with Crippen LogP contribution in [0.2, 0.25) is 5.02 Å². The summed E-state index contributed by atoms with van der Waals surface area (Å²) in [6, 6.07) is 5.98. The third-order valence-electron chi connectivity index (χ3n) is 2.37. The van der Waals surface area contributed by atoms with E-state index in [1.807, 2.05) is 23.7 Å². The molecule has 1 aromatic carbocycles. The summed E-state index contributed by atoms with van der Waals surface area (Å²) >= 11 is 11.2. The topological polar surface area (TPSA) is 16.1 Å². The Morgan fingerprint density at radius 1 is 1.41 bits per heavy atom. The smallest absolute Gasteiger partial charge is 0.0795 e. The van der Waals surface area contributed by atoms with Crippen molar-refractivity contribution in [3.8, 4) is 0 Å². The van der Waals surface area contributed by atoms with E-state index in [1.54, 1.807) is 11.3 Å². The molecule has 1 aromatic heterocycles. The van der Waals surface area contributed by atoms with Crippen LogP contribution in [-0.4, -0.2) is 16.9 Å². The fourth-order valence-corrected chi connectivity index (χ4v) is 2.87. The minimum absolute atomic E-state index is 0.796. The van der Waals surface area contributed by atoms with E-state index in [4.69, 9.17) is 11.6 Å². The maximum Gasteiger partial charge on any atom is 0.0795 e. The van der Waals surface area contributed by atoms with Gasteiger partial charge in [-0.2, -0.15) is 0 Å². The van der Waals surface area contributed by atoms with Crippen molar-refractivity contribution in [1.82, 2.24) is 9.88 Å². The van der Waals surface area contributed by atoms with Crippen molar-refractivity contribution in [2.45, 2.75) is 13.1 Å². The normalized spacial score (nSPS) is 11.1. The lowest BCUT2D eigenvalue weighted by atomic mass is 10.2. The minimum Gasteiger partial charge on any atom is -0.296 e. The molecule has 17 heavy (non-hydrogen) atoms. The van der Waals surface area contributed by atoms with Gasteiger partial charge in [0.2, 0.25) is 0 Å². The Bertz CT molecular complexity index is 487. The number of thiazole rings is 1. The first-order valence-electron chi connectivity index (χ1n) is 5.14. The van der Waals surface area contributed by atoms with Crippen molar-refractivity contribution in [2.75, 3.05) is 7.05 Å². The molecule has 2 rings (SSSR count). The molecule has 0 amide bonds. The van der Waals surface area contributed by atoms with Gasteiger partial charge in [0.1, 0.15) is 0 Å². The fourth-order valence-electron chi connectivity index (χ4n) is 1.59. The van der Waals surface area contributed by atoms with E-state index in [-0.39, 0.29) is 0 Å². The maximum atomic E-state index is 6.19. The summed E-state index contributed by atoms with van der Waals surface area (Å²) in [7, 11) is 2.07. The Morgan fingerprint density at radius 2 is 2.24 bits per heavy atom. The predicted octanol–water partition coefficient (Wildman–Crippen LogP) is 4.19. The number of benzene rings is 1. The lowest BCUT2D eigenvalue weighted by Crippen LogP contribution is -2.17. The summed E-state index contributed by atoms with van der Waals surface area (Å²) in [4.78, 5) is 6.47. The molecule has 0 fully saturated rings. The number of hydrogen-bond donors (Lipinski definition) is 0. The molecule has 5 heteroatoms. The molecule has 0 N–H and O–H groups in total. The summed E-state index contributed by atoms with van der Waals surface area (Å²) in [5.74, 6) is 0. The van der Waals surface area contributed by atoms with E-state index in [9.17, 15) is 0 Å². The van der Waals surface area contributed by atoms with Gasteiger partial charge in [0.05, 0.1) is 11.2 Å². The zero-order valence-electron chi connectivity index (χ0n) is 9.36. The lowest BCUT2D eigenvalue weighted by Gasteiger charge is -2.16. The van der Waals surface area contributed by atoms with Gasteiger partial charge >= 0.3 is 0 Å². The first-order chi connectivity index (χ1) is 8.15. The minimum atomic E-state index is 0.796. The summed E-state index contributed by atoms with van der Waals surface area (Å²) in [6.45, 7) is 1.67. The first kappa shape index (κ1) is 13.0. The van der Waals surface area contributed by atoms with Crippen molar-refractivity contribution in [3.63, 3.8) is 0 Å². The molecule has 0 spiro atoms. The summed E-state index contributed by atoms with van der Waals surface area (Å²) in [5, 5.41) is 2.86. The zero-order valence-corrected chi connectivity index (χ0v) is 12.5. The van der Waals surface area contributed by atoms with E-state index in [2.05, 4.69) is 38.2 Å². The second-order valence-electron chi connectivity index (χ2n) is 3.89. The number of aromatic nitrogens is 1. The van der Waals surface area contributed by atoms with Crippen molar-refractivity contribution in [3.05, 3.63) is 49.8 Å². The van der Waals surface area contributed by atoms with Gasteiger partial charge in [0.25, 0.3) is 0 Å². The SMILES string of the molecule is CN(Cc1cscn1)Cc1ccc(Br)cc1Cl. The van der Waals surface area contributed by atoms with Crippen LogP contribution in [0.25, 0.3) is 0 Å². The molecule has 0 aliphatic heterocycles. The third-order valence-corrected chi connectivity index (χ3v) is 3.85. The molecule has 0 bridgehead atoms. The molecule has 0 unspecified atom stereocenters. The second kappa shape index (κ2) is 5.96. The van der Waals surface area contributed by atoms with E-state index >= 15 is 0 Å². The number of rotatable bonds is 4. The molecule has 0 saturated carbocycles. The Morgan fingerprint density at radius 3 is 2.88 bits per heavy atom. The Kier molecular flexibility index (Phi) is 4.56. The molecule has 90 valence electrons. The van der Waals surface area contributed by atoms with Crippen LogP contribution in [-0.2, 0) is 13.1 Å². The monoisotopic (exact) mass is 330 g/mol. The Labute approximate surface area is 118 Å². The molecule has 0 atom stereocenters. The van der Waals surface area contributed by atoms with Crippen molar-refractivity contribution >= 4 is 38.9 Å². The van der Waals surface area contributed by atoms with Crippen molar-refractivity contribution < 1.29 is 0 Å². The predicted molar refractivity (Wildman–Crippen MR) is 76.4 cm³/mol. The van der Waals surface area contributed by atoms with Crippen molar-refractivity contribution in [2.24, 2.45) is 0 Å². The van der Waals surface area contributed by atoms with E-state index in [0.717, 1.165) is 33.8 Å². The molecule has 2 aromatic rings. The molecule has 1 heterocycles. The van der Waals surface area contributed by atoms with E-state index in [1.165, 1.54) is 0 Å². The molecule has 0 saturated heterocycles. The largest absolute Gasteiger partial charge is 0.296 e. The summed E-state index contributed by atoms with van der Waals surface area (Å²) < 4.78 is 1.01. The number of nitrogens with zero attached hydrogens (tertiary/aromatic N) is 2. The van der Waals surface area contributed by atoms with Gasteiger partial charge in [-0.25, -0.2) is 4.98 Å². The van der Waals surface area contributed by atoms with Gasteiger partial charge in [-0.3, -0.25) is 4.90 Å². The third kappa shape index (κ3) is 3.78. The zero-order chi connectivity index (χ0) is 12.3. The second-order valence-corrected chi connectivity index (χ2v) is 5.93. The summed E-state index contributed by atoms with van der Waals surface area (Å²) in [5.41, 5.74) is 4.09. The Hall–Kier alpha value is -0.420. The standard InChI is InChI=1S/C12H12BrClN2S/c1-16(6-11-7-17-8-15-11)5-9-2-3-10(13)4-12(9)14/h2-4,7-8H,5-6H2,1H3. The van der Waals surface area contributed by atoms with E-state index < -0.39 is 0 Å². The average molecular weight is 332 g/mol. The molecule has 2 nitrogen and oxygen atoms in total. The first-order valence-corrected chi connectivity index (χ1v) is 7.26. The van der Waals surface area contributed by atoms with Gasteiger partial charge < -0.3 is 0 Å². The highest BCUT2D eigenvalue weighted by Crippen LogP contribution is 2.22. The number of hydrogen-bond acceptors (Lipinski definition) is 3. The summed E-state index contributed by atoms with van der Waals surface area (Å²) in [6.07, 6.45) is 0. The van der Waals surface area contributed by atoms with Gasteiger partial charge in [0.15, 0.2) is 0 Å². The molecular weight excluding hydrogens is 320 g/mol. The average Bonchev–Trinajstić information content (AvgIpc) is 2.75. The van der Waals surface area contributed by atoms with Gasteiger partial charge in [-0.1, -0.05) is 33.6 Å². The van der Waals surface area contributed by atoms with Crippen LogP contribution in [0, 0.1) is 0 Å². The molecule has 0 aliphatic carbocycles. The highest BCUT2D eigenvalue weighted by Gasteiger charge is 2.06. The molecular formula is C12H12BrClN2S. The fraction of sp³-hybridized carbons (Fsp3) is 0.250. The van der Waals surface area contributed by atoms with Crippen LogP contribution in [0.15, 0.2) is 33.6 Å². The number of halogens is 2. The van der Waals surface area contributed by atoms with E-state index in [0.29, 0.717) is 0 Å². The van der Waals surface area contributed by atoms with Gasteiger partial charge in [-0.15, -0.1) is 11.3 Å². The van der Waals surface area contributed by atoms with Crippen molar-refractivity contribution in [1.29, 1.82) is 0 Å². The van der Waals surface area contributed by atoms with Crippen LogP contribution in [0.3, 0.4) is 0 Å². The van der Waals surface area contributed by atoms with Crippen LogP contribution in [0.4, 0.5) is 0 Å². The van der Waals surface area contributed by atoms with Gasteiger partial charge in [0, 0.05) is 28.0 Å². The van der Waals surface area contributed by atoms with Crippen LogP contribution >= 0.6 is 38.9 Å². The lowest BCUT2D eigenvalue weighted by molar-refractivity contribution is 0.316. The quantitative estimate of drug-likeness (QED) is 0.835. The highest BCUT2D eigenvalue weighted by atomic mass is 79.9. The molecule has 0 aliphatic rings. The van der Waals surface area contributed by atoms with Crippen LogP contribution < -0.4 is 0 Å².